The molecule has 1 saturated carbocycles. The molecular weight excluding hydrogens is 852 g/mol. The van der Waals surface area contributed by atoms with Crippen LogP contribution >= 0.6 is 11.6 Å². The van der Waals surface area contributed by atoms with Crippen LogP contribution in [0.4, 0.5) is 9.59 Å². The molecule has 4 aliphatic heterocycles. The van der Waals surface area contributed by atoms with Crippen LogP contribution in [-0.2, 0) is 28.5 Å². The van der Waals surface area contributed by atoms with Gasteiger partial charge in [-0.3, -0.25) is 9.59 Å². The Labute approximate surface area is 383 Å². The van der Waals surface area contributed by atoms with Crippen LogP contribution in [0.2, 0.25) is 5.15 Å². The van der Waals surface area contributed by atoms with Gasteiger partial charge in [-0.05, 0) is 92.7 Å². The van der Waals surface area contributed by atoms with Gasteiger partial charge in [0.05, 0.1) is 44.8 Å². The molecule has 2 aromatic heterocycles. The first kappa shape index (κ1) is 44.7. The number of carbonyl (C=O) groups is 4. The quantitative estimate of drug-likeness (QED) is 0.111. The van der Waals surface area contributed by atoms with Gasteiger partial charge in [0.2, 0.25) is 11.8 Å². The van der Waals surface area contributed by atoms with Gasteiger partial charge in [-0.2, -0.15) is 0 Å². The van der Waals surface area contributed by atoms with E-state index in [2.05, 4.69) is 51.8 Å². The van der Waals surface area contributed by atoms with E-state index in [1.165, 1.54) is 14.2 Å². The van der Waals surface area contributed by atoms with Gasteiger partial charge < -0.3 is 49.3 Å². The van der Waals surface area contributed by atoms with E-state index in [0.29, 0.717) is 55.3 Å². The van der Waals surface area contributed by atoms with Crippen molar-refractivity contribution >= 4 is 35.6 Å². The summed E-state index contributed by atoms with van der Waals surface area (Å²) >= 11 is 6.85. The second kappa shape index (κ2) is 19.2. The maximum absolute atomic E-state index is 14.4. The zero-order chi connectivity index (χ0) is 45.4. The zero-order valence-corrected chi connectivity index (χ0v) is 38.1. The Hall–Kier alpha value is -5.45. The summed E-state index contributed by atoms with van der Waals surface area (Å²) in [7, 11) is 2.61. The minimum absolute atomic E-state index is 0.0960. The van der Waals surface area contributed by atoms with Crippen molar-refractivity contribution in [3.8, 4) is 33.6 Å². The molecule has 6 heterocycles. The van der Waals surface area contributed by atoms with Crippen LogP contribution in [0.1, 0.15) is 88.9 Å². The summed E-state index contributed by atoms with van der Waals surface area (Å²) in [5.41, 5.74) is 5.28. The number of benzene rings is 2. The van der Waals surface area contributed by atoms with Crippen LogP contribution in [0, 0.1) is 23.7 Å². The Morgan fingerprint density at radius 1 is 0.785 bits per heavy atom. The number of piperidine rings is 1. The number of imidazole rings is 2. The second-order valence-electron chi connectivity index (χ2n) is 18.5. The van der Waals surface area contributed by atoms with Gasteiger partial charge in [0.1, 0.15) is 34.6 Å². The highest BCUT2D eigenvalue weighted by atomic mass is 35.5. The molecule has 1 unspecified atom stereocenters. The smallest absolute Gasteiger partial charge is 0.407 e. The van der Waals surface area contributed by atoms with Crippen LogP contribution in [0.5, 0.6) is 0 Å². The number of ether oxygens (including phenoxy) is 4. The van der Waals surface area contributed by atoms with Crippen molar-refractivity contribution in [3.63, 3.8) is 0 Å². The number of H-pyrrole nitrogens is 2. The van der Waals surface area contributed by atoms with Crippen LogP contribution in [0.25, 0.3) is 33.6 Å². The third-order valence-electron chi connectivity index (χ3n) is 14.4. The lowest BCUT2D eigenvalue weighted by Gasteiger charge is -2.36. The molecule has 5 fully saturated rings. The van der Waals surface area contributed by atoms with Crippen molar-refractivity contribution in [2.45, 2.75) is 101 Å². The number of nitrogens with zero attached hydrogens (tertiary/aromatic N) is 4. The highest BCUT2D eigenvalue weighted by molar-refractivity contribution is 6.32. The van der Waals surface area contributed by atoms with Crippen molar-refractivity contribution in [1.82, 2.24) is 40.4 Å². The Morgan fingerprint density at radius 2 is 1.43 bits per heavy atom. The number of hydrogen-bond acceptors (Lipinski definition) is 10. The van der Waals surface area contributed by atoms with Crippen molar-refractivity contribution in [2.24, 2.45) is 23.7 Å². The van der Waals surface area contributed by atoms with Crippen LogP contribution in [0.3, 0.4) is 0 Å². The minimum Gasteiger partial charge on any atom is -0.453 e. The van der Waals surface area contributed by atoms with Crippen molar-refractivity contribution < 1.29 is 38.1 Å². The van der Waals surface area contributed by atoms with Crippen LogP contribution in [-0.4, -0.2) is 119 Å². The molecule has 1 aliphatic carbocycles. The average molecular weight is 912 g/mol. The van der Waals surface area contributed by atoms with Crippen LogP contribution in [0.15, 0.2) is 54.7 Å². The van der Waals surface area contributed by atoms with Gasteiger partial charge in [0, 0.05) is 43.4 Å². The van der Waals surface area contributed by atoms with Crippen molar-refractivity contribution in [1.29, 1.82) is 0 Å². The number of fused-ring (bicyclic) bond motifs is 1. The summed E-state index contributed by atoms with van der Waals surface area (Å²) in [5.74, 6) is 1.67. The SMILES string of the molecule is COC(=O)N[C@H](C[C@H]1CCCOC1)C(=O)N1[C@@H]2CC2C[C@H]1c1ncc(-c2ccc(-c3ccc(-c4nc([C@@H]5C[C@@H](C)[C@@H](C)N5C(=O)[C@H](NC(=O)OC)[C@@H]5CCCOC5)[nH]c4Cl)cc3)cc2)[nH]1. The van der Waals surface area contributed by atoms with E-state index in [-0.39, 0.29) is 53.7 Å². The number of hydrogen-bond donors (Lipinski definition) is 4. The lowest BCUT2D eigenvalue weighted by Crippen LogP contribution is -2.55. The highest BCUT2D eigenvalue weighted by Gasteiger charge is 2.56. The molecular formula is C48H59ClN8O8. The fraction of sp³-hybridized carbons (Fsp3) is 0.542. The molecule has 10 atom stereocenters. The summed E-state index contributed by atoms with van der Waals surface area (Å²) in [4.78, 5) is 73.7. The lowest BCUT2D eigenvalue weighted by atomic mass is 9.92. The summed E-state index contributed by atoms with van der Waals surface area (Å²) in [5, 5.41) is 6.02. The third-order valence-corrected chi connectivity index (χ3v) is 14.7. The first-order chi connectivity index (χ1) is 31.5. The number of alkyl carbamates (subject to hydrolysis) is 2. The maximum Gasteiger partial charge on any atom is 0.407 e. The van der Waals surface area contributed by atoms with Gasteiger partial charge in [-0.25, -0.2) is 19.6 Å². The molecule has 4 N–H and O–H groups in total. The Morgan fingerprint density at radius 3 is 2.09 bits per heavy atom. The van der Waals surface area contributed by atoms with E-state index >= 15 is 0 Å². The topological polar surface area (TPSA) is 193 Å². The summed E-state index contributed by atoms with van der Waals surface area (Å²) in [6.07, 6.45) is 7.00. The average Bonchev–Trinajstić information content (AvgIpc) is 3.67. The number of aromatic amines is 2. The molecule has 346 valence electrons. The predicted molar refractivity (Wildman–Crippen MR) is 241 cm³/mol. The molecule has 0 bridgehead atoms. The van der Waals surface area contributed by atoms with E-state index in [0.717, 1.165) is 78.9 Å². The van der Waals surface area contributed by atoms with Crippen molar-refractivity contribution in [2.75, 3.05) is 40.6 Å². The van der Waals surface area contributed by atoms with Crippen LogP contribution < -0.4 is 10.6 Å². The van der Waals surface area contributed by atoms with E-state index in [9.17, 15) is 19.2 Å². The van der Waals surface area contributed by atoms with Gasteiger partial charge >= 0.3 is 12.2 Å². The predicted octanol–water partition coefficient (Wildman–Crippen LogP) is 7.44. The molecule has 0 radical (unpaired) electrons. The molecule has 16 nitrogen and oxygen atoms in total. The molecule has 2 aromatic carbocycles. The van der Waals surface area contributed by atoms with E-state index in [1.54, 1.807) is 0 Å². The fourth-order valence-corrected chi connectivity index (χ4v) is 10.8. The molecule has 5 aliphatic rings. The maximum atomic E-state index is 14.4. The molecule has 17 heteroatoms. The summed E-state index contributed by atoms with van der Waals surface area (Å²) in [6, 6.07) is 14.3. The Balaban J connectivity index is 0.876. The molecule has 4 saturated heterocycles. The number of aromatic nitrogens is 4. The number of rotatable bonds is 12. The largest absolute Gasteiger partial charge is 0.453 e. The van der Waals surface area contributed by atoms with Crippen molar-refractivity contribution in [3.05, 3.63) is 71.5 Å². The molecule has 4 aromatic rings. The number of methoxy groups -OCH3 is 2. The normalized spacial score (nSPS) is 27.1. The second-order valence-corrected chi connectivity index (χ2v) is 18.9. The number of halogens is 1. The first-order valence-corrected chi connectivity index (χ1v) is 23.4. The van der Waals surface area contributed by atoms with Gasteiger partial charge in [-0.1, -0.05) is 67.1 Å². The highest BCUT2D eigenvalue weighted by Crippen LogP contribution is 2.53. The monoisotopic (exact) mass is 910 g/mol. The van der Waals surface area contributed by atoms with E-state index in [1.807, 2.05) is 47.2 Å². The standard InChI is InChI=1S/C48H59ClN8O8/c1-26-19-38(56(27(26)2)46(59)41(54-48(61)63-4)33-8-6-18-65-25-33)44-53-40(42(49)55-44)32-15-11-30(12-16-32)29-9-13-31(14-10-29)36-23-50-43(51-36)39-22-34-21-37(34)57(39)45(58)35(52-47(60)62-3)20-28-7-5-17-64-24-28/h9-16,23,26-28,33-35,37-39,41H,5-8,17-22,24-25H2,1-4H3,(H,50,51)(H,52,60)(H,53,55)(H,54,61)/t26-,27-,28-,33-,34?,35-,37-,38+,39+,41-/m1/s1. The lowest BCUT2D eigenvalue weighted by molar-refractivity contribution is -0.139. The van der Waals surface area contributed by atoms with E-state index in [4.69, 9.17) is 40.5 Å². The number of nitrogens with one attached hydrogen (secondary N) is 4. The number of amides is 4. The van der Waals surface area contributed by atoms with Gasteiger partial charge in [-0.15, -0.1) is 0 Å². The molecule has 65 heavy (non-hydrogen) atoms. The summed E-state index contributed by atoms with van der Waals surface area (Å²) < 4.78 is 21.2. The summed E-state index contributed by atoms with van der Waals surface area (Å²) in [6.45, 7) is 6.48. The Kier molecular flexibility index (Phi) is 13.2. The molecule has 0 spiro atoms. The van der Waals surface area contributed by atoms with Gasteiger partial charge in [0.25, 0.3) is 0 Å². The number of carbonyl (C=O) groups excluding carboxylic acids is 4. The minimum atomic E-state index is -0.795. The van der Waals surface area contributed by atoms with Gasteiger partial charge in [0.15, 0.2) is 0 Å². The third kappa shape index (κ3) is 9.34. The van der Waals surface area contributed by atoms with E-state index < -0.39 is 24.3 Å². The molecule has 4 amide bonds. The zero-order valence-electron chi connectivity index (χ0n) is 37.4. The fourth-order valence-electron chi connectivity index (χ4n) is 10.6. The molecule has 9 rings (SSSR count). The first-order valence-electron chi connectivity index (χ1n) is 23.0. The Bertz CT molecular complexity index is 2340. The number of likely N-dealkylation sites (tertiary alicyclic amines) is 2.